The van der Waals surface area contributed by atoms with Crippen molar-refractivity contribution in [2.75, 3.05) is 10.6 Å². The number of hydrogen-bond acceptors (Lipinski definition) is 2. The Morgan fingerprint density at radius 2 is 1.44 bits per heavy atom. The number of nitrogens with one attached hydrogen (secondary N) is 2. The second-order valence-corrected chi connectivity index (χ2v) is 5.78. The Balaban J connectivity index is 1.64. The van der Waals surface area contributed by atoms with Crippen LogP contribution in [0.25, 0.3) is 6.08 Å². The molecule has 4 nitrogen and oxygen atoms in total. The van der Waals surface area contributed by atoms with E-state index in [1.165, 1.54) is 18.2 Å². The zero-order valence-electron chi connectivity index (χ0n) is 14.4. The standard InChI is InChI=1S/C22H17FN2O2/c23-18-12-9-16(10-13-18)11-14-21(26)17-5-4-8-20(15-17)25-22(27)24-19-6-2-1-3-7-19/h1-15H,(H2,24,25,27)/b14-11+. The largest absolute Gasteiger partial charge is 0.323 e. The summed E-state index contributed by atoms with van der Waals surface area (Å²) in [6.07, 6.45) is 3.03. The predicted octanol–water partition coefficient (Wildman–Crippen LogP) is 5.37. The van der Waals surface area contributed by atoms with Crippen molar-refractivity contribution in [2.45, 2.75) is 0 Å². The van der Waals surface area contributed by atoms with Crippen molar-refractivity contribution in [1.82, 2.24) is 0 Å². The Kier molecular flexibility index (Phi) is 5.74. The van der Waals surface area contributed by atoms with Crippen LogP contribution in [0.3, 0.4) is 0 Å². The first kappa shape index (κ1) is 18.1. The van der Waals surface area contributed by atoms with Gasteiger partial charge in [-0.3, -0.25) is 4.79 Å². The fraction of sp³-hybridized carbons (Fsp3) is 0. The van der Waals surface area contributed by atoms with Gasteiger partial charge in [0, 0.05) is 16.9 Å². The fourth-order valence-electron chi connectivity index (χ4n) is 2.41. The number of ketones is 1. The normalized spacial score (nSPS) is 10.6. The number of rotatable bonds is 5. The van der Waals surface area contributed by atoms with Gasteiger partial charge in [0.25, 0.3) is 0 Å². The third-order valence-electron chi connectivity index (χ3n) is 3.73. The zero-order valence-corrected chi connectivity index (χ0v) is 14.4. The van der Waals surface area contributed by atoms with Crippen LogP contribution in [0.5, 0.6) is 0 Å². The first-order valence-corrected chi connectivity index (χ1v) is 8.31. The van der Waals surface area contributed by atoms with E-state index in [-0.39, 0.29) is 11.6 Å². The molecule has 0 radical (unpaired) electrons. The molecule has 0 saturated heterocycles. The monoisotopic (exact) mass is 360 g/mol. The minimum absolute atomic E-state index is 0.216. The molecule has 5 heteroatoms. The predicted molar refractivity (Wildman–Crippen MR) is 105 cm³/mol. The molecule has 27 heavy (non-hydrogen) atoms. The van der Waals surface area contributed by atoms with E-state index in [1.807, 2.05) is 18.2 Å². The summed E-state index contributed by atoms with van der Waals surface area (Å²) < 4.78 is 12.9. The van der Waals surface area contributed by atoms with Gasteiger partial charge in [0.1, 0.15) is 5.82 Å². The van der Waals surface area contributed by atoms with Crippen LogP contribution in [0.4, 0.5) is 20.6 Å². The van der Waals surface area contributed by atoms with E-state index in [4.69, 9.17) is 0 Å². The Morgan fingerprint density at radius 1 is 0.778 bits per heavy atom. The van der Waals surface area contributed by atoms with Crippen molar-refractivity contribution in [1.29, 1.82) is 0 Å². The molecule has 0 fully saturated rings. The van der Waals surface area contributed by atoms with Gasteiger partial charge >= 0.3 is 6.03 Å². The summed E-state index contributed by atoms with van der Waals surface area (Å²) in [5, 5.41) is 5.41. The number of carbonyl (C=O) groups excluding carboxylic acids is 2. The highest BCUT2D eigenvalue weighted by atomic mass is 19.1. The van der Waals surface area contributed by atoms with E-state index in [0.29, 0.717) is 16.9 Å². The van der Waals surface area contributed by atoms with Crippen molar-refractivity contribution in [2.24, 2.45) is 0 Å². The summed E-state index contributed by atoms with van der Waals surface area (Å²) in [6, 6.07) is 21.2. The number of anilines is 2. The lowest BCUT2D eigenvalue weighted by atomic mass is 10.1. The average Bonchev–Trinajstić information content (AvgIpc) is 2.68. The molecule has 0 aromatic heterocycles. The molecule has 3 rings (SSSR count). The van der Waals surface area contributed by atoms with Gasteiger partial charge < -0.3 is 10.6 Å². The smallest absolute Gasteiger partial charge is 0.308 e. The number of carbonyl (C=O) groups is 2. The molecule has 134 valence electrons. The number of amides is 2. The lowest BCUT2D eigenvalue weighted by molar-refractivity contribution is 0.104. The van der Waals surface area contributed by atoms with Crippen LogP contribution in [0.15, 0.2) is 84.9 Å². The molecule has 3 aromatic rings. The molecule has 0 unspecified atom stereocenters. The second kappa shape index (κ2) is 8.58. The van der Waals surface area contributed by atoms with Crippen LogP contribution in [0.1, 0.15) is 15.9 Å². The topological polar surface area (TPSA) is 58.2 Å². The second-order valence-electron chi connectivity index (χ2n) is 5.78. The van der Waals surface area contributed by atoms with Gasteiger partial charge in [-0.2, -0.15) is 0 Å². The van der Waals surface area contributed by atoms with Gasteiger partial charge in [-0.05, 0) is 48.0 Å². The van der Waals surface area contributed by atoms with Gasteiger partial charge in [0.15, 0.2) is 5.78 Å². The van der Waals surface area contributed by atoms with Crippen LogP contribution in [-0.2, 0) is 0 Å². The van der Waals surface area contributed by atoms with Crippen LogP contribution in [0, 0.1) is 5.82 Å². The van der Waals surface area contributed by atoms with Crippen molar-refractivity contribution in [3.63, 3.8) is 0 Å². The minimum Gasteiger partial charge on any atom is -0.308 e. The Labute approximate surface area is 156 Å². The van der Waals surface area contributed by atoms with Crippen LogP contribution < -0.4 is 10.6 Å². The maximum Gasteiger partial charge on any atom is 0.323 e. The summed E-state index contributed by atoms with van der Waals surface area (Å²) in [5.74, 6) is -0.544. The van der Waals surface area contributed by atoms with Gasteiger partial charge in [-0.15, -0.1) is 0 Å². The molecule has 2 amide bonds. The van der Waals surface area contributed by atoms with Gasteiger partial charge in [-0.25, -0.2) is 9.18 Å². The number of para-hydroxylation sites is 1. The maximum absolute atomic E-state index is 12.9. The number of allylic oxidation sites excluding steroid dienone is 1. The van der Waals surface area contributed by atoms with E-state index in [9.17, 15) is 14.0 Å². The van der Waals surface area contributed by atoms with Crippen LogP contribution in [-0.4, -0.2) is 11.8 Å². The minimum atomic E-state index is -0.396. The van der Waals surface area contributed by atoms with Crippen LogP contribution >= 0.6 is 0 Å². The number of benzene rings is 3. The Bertz CT molecular complexity index is 967. The quantitative estimate of drug-likeness (QED) is 0.475. The maximum atomic E-state index is 12.9. The average molecular weight is 360 g/mol. The van der Waals surface area contributed by atoms with Crippen molar-refractivity contribution in [3.05, 3.63) is 102 Å². The first-order valence-electron chi connectivity index (χ1n) is 8.31. The highest BCUT2D eigenvalue weighted by Crippen LogP contribution is 2.14. The summed E-state index contributed by atoms with van der Waals surface area (Å²) in [7, 11) is 0. The summed E-state index contributed by atoms with van der Waals surface area (Å²) in [4.78, 5) is 24.4. The Hall–Kier alpha value is -3.73. The van der Waals surface area contributed by atoms with Crippen molar-refractivity contribution < 1.29 is 14.0 Å². The van der Waals surface area contributed by atoms with Gasteiger partial charge in [-0.1, -0.05) is 48.5 Å². The number of halogens is 1. The molecule has 3 aromatic carbocycles. The number of hydrogen-bond donors (Lipinski definition) is 2. The molecule has 0 saturated carbocycles. The van der Waals surface area contributed by atoms with E-state index < -0.39 is 6.03 Å². The number of urea groups is 1. The first-order chi connectivity index (χ1) is 13.1. The molecule has 2 N–H and O–H groups in total. The van der Waals surface area contributed by atoms with Crippen LogP contribution in [0.2, 0.25) is 0 Å². The van der Waals surface area contributed by atoms with E-state index in [1.54, 1.807) is 54.6 Å². The zero-order chi connectivity index (χ0) is 19.1. The molecule has 0 aliphatic carbocycles. The highest BCUT2D eigenvalue weighted by molar-refractivity contribution is 6.08. The molecule has 0 aliphatic rings. The van der Waals surface area contributed by atoms with E-state index in [2.05, 4.69) is 10.6 Å². The SMILES string of the molecule is O=C(Nc1ccccc1)Nc1cccc(C(=O)/C=C/c2ccc(F)cc2)c1. The molecule has 0 atom stereocenters. The van der Waals surface area contributed by atoms with Crippen molar-refractivity contribution >= 4 is 29.3 Å². The lowest BCUT2D eigenvalue weighted by Gasteiger charge is -2.08. The fourth-order valence-corrected chi connectivity index (χ4v) is 2.41. The summed E-state index contributed by atoms with van der Waals surface area (Å²) in [6.45, 7) is 0. The molecule has 0 heterocycles. The third-order valence-corrected chi connectivity index (χ3v) is 3.73. The van der Waals surface area contributed by atoms with Crippen molar-refractivity contribution in [3.8, 4) is 0 Å². The van der Waals surface area contributed by atoms with E-state index >= 15 is 0 Å². The summed E-state index contributed by atoms with van der Waals surface area (Å²) in [5.41, 5.74) is 2.33. The molecule has 0 spiro atoms. The highest BCUT2D eigenvalue weighted by Gasteiger charge is 2.06. The molecular formula is C22H17FN2O2. The molecule has 0 bridgehead atoms. The molecular weight excluding hydrogens is 343 g/mol. The lowest BCUT2D eigenvalue weighted by Crippen LogP contribution is -2.19. The third kappa shape index (κ3) is 5.37. The Morgan fingerprint density at radius 3 is 2.19 bits per heavy atom. The van der Waals surface area contributed by atoms with Gasteiger partial charge in [0.05, 0.1) is 0 Å². The molecule has 0 aliphatic heterocycles. The van der Waals surface area contributed by atoms with E-state index in [0.717, 1.165) is 5.56 Å². The van der Waals surface area contributed by atoms with Gasteiger partial charge in [0.2, 0.25) is 0 Å². The summed E-state index contributed by atoms with van der Waals surface area (Å²) >= 11 is 0.